The number of hydrogen-bond donors (Lipinski definition) is 1. The van der Waals surface area contributed by atoms with Gasteiger partial charge in [0.2, 0.25) is 0 Å². The van der Waals surface area contributed by atoms with Crippen LogP contribution in [0.1, 0.15) is 36.1 Å². The lowest BCUT2D eigenvalue weighted by Crippen LogP contribution is -1.96. The van der Waals surface area contributed by atoms with Gasteiger partial charge in [0.1, 0.15) is 0 Å². The predicted octanol–water partition coefficient (Wildman–Crippen LogP) is 2.80. The fourth-order valence-corrected chi connectivity index (χ4v) is 2.36. The van der Waals surface area contributed by atoms with Crippen molar-refractivity contribution in [1.82, 2.24) is 0 Å². The first kappa shape index (κ1) is 12.6. The largest absolute Gasteiger partial charge is 0.395 e. The third-order valence-corrected chi connectivity index (χ3v) is 3.70. The van der Waals surface area contributed by atoms with E-state index in [1.165, 1.54) is 24.1 Å². The van der Waals surface area contributed by atoms with E-state index in [4.69, 9.17) is 9.84 Å². The van der Waals surface area contributed by atoms with E-state index in [0.717, 1.165) is 18.1 Å². The summed E-state index contributed by atoms with van der Waals surface area (Å²) >= 11 is 1.69. The van der Waals surface area contributed by atoms with Crippen molar-refractivity contribution in [2.24, 2.45) is 5.92 Å². The Morgan fingerprint density at radius 2 is 2.35 bits per heavy atom. The molecule has 0 radical (unpaired) electrons. The summed E-state index contributed by atoms with van der Waals surface area (Å²) in [5, 5.41) is 10.7. The molecule has 0 atom stereocenters. The second kappa shape index (κ2) is 6.80. The van der Waals surface area contributed by atoms with Crippen LogP contribution in [0.3, 0.4) is 0 Å². The Balaban J connectivity index is 1.75. The van der Waals surface area contributed by atoms with Crippen LogP contribution in [0, 0.1) is 17.8 Å². The first-order valence-electron chi connectivity index (χ1n) is 6.14. The zero-order chi connectivity index (χ0) is 11.9. The molecule has 1 aliphatic rings. The summed E-state index contributed by atoms with van der Waals surface area (Å²) in [6.07, 6.45) is 4.52. The third kappa shape index (κ3) is 4.51. The average Bonchev–Trinajstić information content (AvgIpc) is 3.06. The van der Waals surface area contributed by atoms with E-state index in [1.54, 1.807) is 11.3 Å². The van der Waals surface area contributed by atoms with Gasteiger partial charge >= 0.3 is 0 Å². The summed E-state index contributed by atoms with van der Waals surface area (Å²) in [4.78, 5) is 1.20. The van der Waals surface area contributed by atoms with Crippen molar-refractivity contribution in [3.8, 4) is 11.8 Å². The molecule has 1 aromatic heterocycles. The first-order chi connectivity index (χ1) is 8.40. The molecular weight excluding hydrogens is 232 g/mol. The molecule has 92 valence electrons. The van der Waals surface area contributed by atoms with Gasteiger partial charge in [0, 0.05) is 23.5 Å². The highest BCUT2D eigenvalue weighted by Gasteiger charge is 2.20. The number of aliphatic hydroxyl groups is 1. The normalized spacial score (nSPS) is 14.4. The van der Waals surface area contributed by atoms with Crippen LogP contribution >= 0.6 is 11.3 Å². The van der Waals surface area contributed by atoms with Gasteiger partial charge in [-0.25, -0.2) is 0 Å². The second-order valence-electron chi connectivity index (χ2n) is 4.32. The summed E-state index contributed by atoms with van der Waals surface area (Å²) in [5.74, 6) is 6.96. The molecule has 0 aromatic carbocycles. The minimum Gasteiger partial charge on any atom is -0.395 e. The Labute approximate surface area is 107 Å². The molecule has 1 aliphatic carbocycles. The zero-order valence-electron chi connectivity index (χ0n) is 9.95. The average molecular weight is 250 g/mol. The summed E-state index contributed by atoms with van der Waals surface area (Å²) in [6, 6.07) is 2.02. The summed E-state index contributed by atoms with van der Waals surface area (Å²) in [6.45, 7) is 1.67. The minimum absolute atomic E-state index is 0.129. The van der Waals surface area contributed by atoms with E-state index in [-0.39, 0.29) is 6.61 Å². The maximum Gasteiger partial charge on any atom is 0.0821 e. The van der Waals surface area contributed by atoms with Crippen LogP contribution in [-0.2, 0) is 11.3 Å². The number of hydrogen-bond acceptors (Lipinski definition) is 3. The summed E-state index contributed by atoms with van der Waals surface area (Å²) in [7, 11) is 0. The number of aliphatic hydroxyl groups excluding tert-OH is 1. The van der Waals surface area contributed by atoms with Crippen LogP contribution in [0.5, 0.6) is 0 Å². The standard InChI is InChI=1S/C14H18O2S/c15-8-2-1-3-13-7-10-17-14(13)11-16-9-6-12-4-5-12/h7,10,12,15H,2,4-6,8-9,11H2. The topological polar surface area (TPSA) is 29.5 Å². The highest BCUT2D eigenvalue weighted by atomic mass is 32.1. The van der Waals surface area contributed by atoms with Crippen LogP contribution in [0.25, 0.3) is 0 Å². The van der Waals surface area contributed by atoms with Crippen LogP contribution in [0.2, 0.25) is 0 Å². The highest BCUT2D eigenvalue weighted by Crippen LogP contribution is 2.32. The van der Waals surface area contributed by atoms with Crippen molar-refractivity contribution in [1.29, 1.82) is 0 Å². The Bertz CT molecular complexity index is 396. The SMILES string of the molecule is OCCC#Cc1ccsc1COCCC1CC1. The van der Waals surface area contributed by atoms with Gasteiger partial charge in [-0.15, -0.1) is 11.3 Å². The maximum absolute atomic E-state index is 8.67. The molecule has 3 heteroatoms. The maximum atomic E-state index is 8.67. The van der Waals surface area contributed by atoms with Gasteiger partial charge in [-0.2, -0.15) is 0 Å². The molecule has 1 saturated carbocycles. The Hall–Kier alpha value is -0.820. The molecule has 0 bridgehead atoms. The van der Waals surface area contributed by atoms with Gasteiger partial charge in [-0.05, 0) is 23.8 Å². The van der Waals surface area contributed by atoms with E-state index in [1.807, 2.05) is 11.4 Å². The van der Waals surface area contributed by atoms with E-state index in [9.17, 15) is 0 Å². The van der Waals surface area contributed by atoms with Gasteiger partial charge < -0.3 is 9.84 Å². The van der Waals surface area contributed by atoms with Crippen molar-refractivity contribution < 1.29 is 9.84 Å². The van der Waals surface area contributed by atoms with Crippen molar-refractivity contribution in [2.45, 2.75) is 32.3 Å². The molecule has 0 spiro atoms. The summed E-state index contributed by atoms with van der Waals surface area (Å²) in [5.41, 5.74) is 1.05. The van der Waals surface area contributed by atoms with Crippen molar-refractivity contribution in [3.63, 3.8) is 0 Å². The molecule has 0 unspecified atom stereocenters. The molecule has 1 N–H and O–H groups in total. The molecular formula is C14H18O2S. The predicted molar refractivity (Wildman–Crippen MR) is 69.9 cm³/mol. The summed E-state index contributed by atoms with van der Waals surface area (Å²) < 4.78 is 5.67. The molecule has 1 fully saturated rings. The fraction of sp³-hybridized carbons (Fsp3) is 0.571. The molecule has 1 heterocycles. The second-order valence-corrected chi connectivity index (χ2v) is 5.32. The zero-order valence-corrected chi connectivity index (χ0v) is 10.8. The number of thiophene rings is 1. The third-order valence-electron chi connectivity index (χ3n) is 2.81. The molecule has 1 aromatic rings. The monoisotopic (exact) mass is 250 g/mol. The van der Waals surface area contributed by atoms with Crippen LogP contribution in [-0.4, -0.2) is 18.3 Å². The van der Waals surface area contributed by atoms with E-state index in [0.29, 0.717) is 13.0 Å². The molecule has 17 heavy (non-hydrogen) atoms. The van der Waals surface area contributed by atoms with E-state index < -0.39 is 0 Å². The Kier molecular flexibility index (Phi) is 5.06. The van der Waals surface area contributed by atoms with Crippen molar-refractivity contribution in [2.75, 3.05) is 13.2 Å². The van der Waals surface area contributed by atoms with Crippen LogP contribution in [0.4, 0.5) is 0 Å². The molecule has 0 saturated heterocycles. The van der Waals surface area contributed by atoms with Gasteiger partial charge in [-0.1, -0.05) is 24.7 Å². The van der Waals surface area contributed by atoms with Crippen molar-refractivity contribution in [3.05, 3.63) is 21.9 Å². The van der Waals surface area contributed by atoms with Gasteiger partial charge in [0.25, 0.3) is 0 Å². The van der Waals surface area contributed by atoms with Gasteiger partial charge in [0.05, 0.1) is 13.2 Å². The number of ether oxygens (including phenoxy) is 1. The molecule has 0 aliphatic heterocycles. The lowest BCUT2D eigenvalue weighted by molar-refractivity contribution is 0.117. The van der Waals surface area contributed by atoms with Gasteiger partial charge in [0.15, 0.2) is 0 Å². The van der Waals surface area contributed by atoms with E-state index in [2.05, 4.69) is 11.8 Å². The smallest absolute Gasteiger partial charge is 0.0821 e. The molecule has 2 rings (SSSR count). The quantitative estimate of drug-likeness (QED) is 0.621. The minimum atomic E-state index is 0.129. The van der Waals surface area contributed by atoms with E-state index >= 15 is 0 Å². The first-order valence-corrected chi connectivity index (χ1v) is 7.02. The van der Waals surface area contributed by atoms with Crippen molar-refractivity contribution >= 4 is 11.3 Å². The van der Waals surface area contributed by atoms with Crippen LogP contribution in [0.15, 0.2) is 11.4 Å². The van der Waals surface area contributed by atoms with Gasteiger partial charge in [-0.3, -0.25) is 0 Å². The Morgan fingerprint density at radius 1 is 1.47 bits per heavy atom. The van der Waals surface area contributed by atoms with Crippen LogP contribution < -0.4 is 0 Å². The lowest BCUT2D eigenvalue weighted by atomic mass is 10.2. The Morgan fingerprint density at radius 3 is 3.12 bits per heavy atom. The highest BCUT2D eigenvalue weighted by molar-refractivity contribution is 7.10. The molecule has 2 nitrogen and oxygen atoms in total. The number of rotatable bonds is 6. The lowest BCUT2D eigenvalue weighted by Gasteiger charge is -2.02. The fourth-order valence-electron chi connectivity index (χ4n) is 1.60. The molecule has 0 amide bonds.